The third-order valence-corrected chi connectivity index (χ3v) is 3.87. The summed E-state index contributed by atoms with van der Waals surface area (Å²) in [6.07, 6.45) is 1.91. The second kappa shape index (κ2) is 6.48. The molecule has 0 fully saturated rings. The Kier molecular flexibility index (Phi) is 4.24. The van der Waals surface area contributed by atoms with Crippen LogP contribution in [-0.2, 0) is 12.8 Å². The molecule has 0 aliphatic heterocycles. The van der Waals surface area contributed by atoms with E-state index in [1.807, 2.05) is 18.2 Å². The van der Waals surface area contributed by atoms with Gasteiger partial charge in [0.1, 0.15) is 0 Å². The Hall–Kier alpha value is -2.54. The predicted molar refractivity (Wildman–Crippen MR) is 94.1 cm³/mol. The van der Waals surface area contributed by atoms with E-state index in [1.165, 1.54) is 27.8 Å². The average molecular weight is 287 g/mol. The lowest BCUT2D eigenvalue weighted by Gasteiger charge is -2.06. The van der Waals surface area contributed by atoms with Gasteiger partial charge in [0.2, 0.25) is 0 Å². The molecule has 110 valence electrons. The molecule has 0 aromatic heterocycles. The molecule has 3 rings (SSSR count). The summed E-state index contributed by atoms with van der Waals surface area (Å²) in [5.41, 5.74) is 13.3. The summed E-state index contributed by atoms with van der Waals surface area (Å²) >= 11 is 0. The number of nitrogen functional groups attached to an aromatic ring is 1. The average Bonchev–Trinajstić information content (AvgIpc) is 2.49. The molecular formula is C21H21N. The number of nitrogens with two attached hydrogens (primary N) is 1. The van der Waals surface area contributed by atoms with Crippen LogP contribution in [0.2, 0.25) is 0 Å². The van der Waals surface area contributed by atoms with Gasteiger partial charge in [-0.15, -0.1) is 0 Å². The van der Waals surface area contributed by atoms with E-state index in [0.29, 0.717) is 0 Å². The molecule has 3 aromatic carbocycles. The van der Waals surface area contributed by atoms with Crippen molar-refractivity contribution in [3.63, 3.8) is 0 Å². The molecular weight excluding hydrogens is 266 g/mol. The van der Waals surface area contributed by atoms with Crippen LogP contribution in [0.4, 0.5) is 5.69 Å². The van der Waals surface area contributed by atoms with Gasteiger partial charge in [0, 0.05) is 5.69 Å². The molecule has 0 heterocycles. The maximum absolute atomic E-state index is 5.83. The molecule has 0 saturated heterocycles. The van der Waals surface area contributed by atoms with Crippen LogP contribution in [0.1, 0.15) is 27.8 Å². The SMILES string of the molecule is Cc1cccc(Cc2ccc(Cc3cccc(N)c3)cc2)c1. The number of aryl methyl sites for hydroxylation is 1. The van der Waals surface area contributed by atoms with Crippen molar-refractivity contribution in [2.75, 3.05) is 5.73 Å². The van der Waals surface area contributed by atoms with E-state index in [1.54, 1.807) is 0 Å². The van der Waals surface area contributed by atoms with E-state index in [9.17, 15) is 0 Å². The molecule has 22 heavy (non-hydrogen) atoms. The van der Waals surface area contributed by atoms with Crippen LogP contribution in [0.5, 0.6) is 0 Å². The first-order chi connectivity index (χ1) is 10.7. The van der Waals surface area contributed by atoms with Gasteiger partial charge in [-0.2, -0.15) is 0 Å². The minimum absolute atomic E-state index is 0.827. The van der Waals surface area contributed by atoms with E-state index in [0.717, 1.165) is 18.5 Å². The Morgan fingerprint density at radius 2 is 1.18 bits per heavy atom. The zero-order valence-corrected chi connectivity index (χ0v) is 12.9. The number of anilines is 1. The van der Waals surface area contributed by atoms with Crippen molar-refractivity contribution >= 4 is 5.69 Å². The molecule has 0 saturated carbocycles. The van der Waals surface area contributed by atoms with E-state index in [-0.39, 0.29) is 0 Å². The van der Waals surface area contributed by atoms with Gasteiger partial charge in [-0.05, 0) is 54.2 Å². The Bertz CT molecular complexity index is 690. The highest BCUT2D eigenvalue weighted by molar-refractivity contribution is 5.42. The minimum Gasteiger partial charge on any atom is -0.399 e. The van der Waals surface area contributed by atoms with E-state index >= 15 is 0 Å². The zero-order valence-electron chi connectivity index (χ0n) is 12.9. The summed E-state index contributed by atoms with van der Waals surface area (Å²) in [6, 6.07) is 25.7. The van der Waals surface area contributed by atoms with E-state index < -0.39 is 0 Å². The minimum atomic E-state index is 0.827. The van der Waals surface area contributed by atoms with Crippen molar-refractivity contribution in [2.24, 2.45) is 0 Å². The smallest absolute Gasteiger partial charge is 0.0316 e. The first-order valence-electron chi connectivity index (χ1n) is 7.67. The standard InChI is InChI=1S/C21H21N/c1-16-4-2-5-19(12-16)13-17-8-10-18(11-9-17)14-20-6-3-7-21(22)15-20/h2-12,15H,13-14,22H2,1H3. The van der Waals surface area contributed by atoms with Crippen molar-refractivity contribution in [1.82, 2.24) is 0 Å². The van der Waals surface area contributed by atoms with Gasteiger partial charge in [-0.1, -0.05) is 66.2 Å². The molecule has 0 aliphatic rings. The molecule has 1 nitrogen and oxygen atoms in total. The van der Waals surface area contributed by atoms with Gasteiger partial charge in [0.05, 0.1) is 0 Å². The Labute approximate surface area is 132 Å². The van der Waals surface area contributed by atoms with Crippen molar-refractivity contribution < 1.29 is 0 Å². The van der Waals surface area contributed by atoms with Crippen molar-refractivity contribution in [3.8, 4) is 0 Å². The first kappa shape index (κ1) is 14.4. The summed E-state index contributed by atoms with van der Waals surface area (Å²) < 4.78 is 0. The molecule has 0 aliphatic carbocycles. The first-order valence-corrected chi connectivity index (χ1v) is 7.67. The van der Waals surface area contributed by atoms with Crippen molar-refractivity contribution in [2.45, 2.75) is 19.8 Å². The largest absolute Gasteiger partial charge is 0.399 e. The van der Waals surface area contributed by atoms with Crippen LogP contribution in [0, 0.1) is 6.92 Å². The maximum Gasteiger partial charge on any atom is 0.0316 e. The second-order valence-corrected chi connectivity index (χ2v) is 5.90. The number of rotatable bonds is 4. The number of benzene rings is 3. The quantitative estimate of drug-likeness (QED) is 0.688. The summed E-state index contributed by atoms with van der Waals surface area (Å²) in [4.78, 5) is 0. The Morgan fingerprint density at radius 1 is 0.636 bits per heavy atom. The highest BCUT2D eigenvalue weighted by atomic mass is 14.5. The van der Waals surface area contributed by atoms with Gasteiger partial charge in [0.15, 0.2) is 0 Å². The summed E-state index contributed by atoms with van der Waals surface area (Å²) in [6.45, 7) is 2.14. The fraction of sp³-hybridized carbons (Fsp3) is 0.143. The van der Waals surface area contributed by atoms with Crippen LogP contribution < -0.4 is 5.73 Å². The van der Waals surface area contributed by atoms with Crippen molar-refractivity contribution in [3.05, 3.63) is 101 Å². The zero-order chi connectivity index (χ0) is 15.4. The number of hydrogen-bond acceptors (Lipinski definition) is 1. The molecule has 0 unspecified atom stereocenters. The van der Waals surface area contributed by atoms with Crippen LogP contribution in [0.3, 0.4) is 0 Å². The van der Waals surface area contributed by atoms with Gasteiger partial charge >= 0.3 is 0 Å². The third kappa shape index (κ3) is 3.76. The lowest BCUT2D eigenvalue weighted by atomic mass is 9.99. The van der Waals surface area contributed by atoms with Gasteiger partial charge in [-0.3, -0.25) is 0 Å². The topological polar surface area (TPSA) is 26.0 Å². The maximum atomic E-state index is 5.83. The lowest BCUT2D eigenvalue weighted by Crippen LogP contribution is -1.93. The molecule has 0 spiro atoms. The molecule has 1 heteroatoms. The number of hydrogen-bond donors (Lipinski definition) is 1. The van der Waals surface area contributed by atoms with Crippen LogP contribution in [-0.4, -0.2) is 0 Å². The molecule has 0 radical (unpaired) electrons. The fourth-order valence-electron chi connectivity index (χ4n) is 2.77. The third-order valence-electron chi connectivity index (χ3n) is 3.87. The normalized spacial score (nSPS) is 10.6. The highest BCUT2D eigenvalue weighted by Gasteiger charge is 2.00. The van der Waals surface area contributed by atoms with Crippen LogP contribution in [0.25, 0.3) is 0 Å². The Morgan fingerprint density at radius 3 is 1.73 bits per heavy atom. The van der Waals surface area contributed by atoms with E-state index in [4.69, 9.17) is 5.73 Å². The van der Waals surface area contributed by atoms with Crippen LogP contribution in [0.15, 0.2) is 72.8 Å². The highest BCUT2D eigenvalue weighted by Crippen LogP contribution is 2.16. The molecule has 0 atom stereocenters. The summed E-state index contributed by atoms with van der Waals surface area (Å²) in [5, 5.41) is 0. The Balaban J connectivity index is 1.70. The molecule has 3 aromatic rings. The van der Waals surface area contributed by atoms with Gasteiger partial charge in [-0.25, -0.2) is 0 Å². The molecule has 0 bridgehead atoms. The fourth-order valence-corrected chi connectivity index (χ4v) is 2.77. The van der Waals surface area contributed by atoms with E-state index in [2.05, 4.69) is 61.5 Å². The predicted octanol–water partition coefficient (Wildman–Crippen LogP) is 4.76. The van der Waals surface area contributed by atoms with Gasteiger partial charge in [0.25, 0.3) is 0 Å². The second-order valence-electron chi connectivity index (χ2n) is 5.90. The van der Waals surface area contributed by atoms with Crippen molar-refractivity contribution in [1.29, 1.82) is 0 Å². The van der Waals surface area contributed by atoms with Gasteiger partial charge < -0.3 is 5.73 Å². The lowest BCUT2D eigenvalue weighted by molar-refractivity contribution is 1.15. The summed E-state index contributed by atoms with van der Waals surface area (Å²) in [7, 11) is 0. The molecule has 0 amide bonds. The molecule has 2 N–H and O–H groups in total. The monoisotopic (exact) mass is 287 g/mol. The summed E-state index contributed by atoms with van der Waals surface area (Å²) in [5.74, 6) is 0. The van der Waals surface area contributed by atoms with Crippen LogP contribution >= 0.6 is 0 Å².